The maximum Gasteiger partial charge on any atom is 0.339 e. The van der Waals surface area contributed by atoms with Gasteiger partial charge in [-0.3, -0.25) is 9.59 Å². The number of benzene rings is 2. The number of ether oxygens (including phenoxy) is 1. The number of methoxy groups -OCH3 is 1. The van der Waals surface area contributed by atoms with Crippen molar-refractivity contribution in [1.82, 2.24) is 0 Å². The highest BCUT2D eigenvalue weighted by Gasteiger charge is 2.58. The normalized spacial score (nSPS) is 16.7. The molecule has 4 rings (SSSR count). The van der Waals surface area contributed by atoms with Gasteiger partial charge in [0.15, 0.2) is 0 Å². The topological polar surface area (TPSA) is 75.7 Å². The van der Waals surface area contributed by atoms with E-state index in [4.69, 9.17) is 4.74 Å². The van der Waals surface area contributed by atoms with Crippen molar-refractivity contribution in [2.75, 3.05) is 23.9 Å². The molecule has 0 aromatic heterocycles. The fraction of sp³-hybridized carbons (Fsp3) is 0.318. The Labute approximate surface area is 163 Å². The van der Waals surface area contributed by atoms with Gasteiger partial charge >= 0.3 is 5.97 Å². The fourth-order valence-electron chi connectivity index (χ4n) is 3.79. The van der Waals surface area contributed by atoms with Crippen LogP contribution >= 0.6 is 0 Å². The first-order valence-electron chi connectivity index (χ1n) is 9.45. The maximum atomic E-state index is 13.3. The van der Waals surface area contributed by atoms with E-state index in [0.29, 0.717) is 25.1 Å². The van der Waals surface area contributed by atoms with Crippen LogP contribution in [0.25, 0.3) is 0 Å². The second kappa shape index (κ2) is 7.11. The van der Waals surface area contributed by atoms with Crippen LogP contribution in [0.15, 0.2) is 48.5 Å². The van der Waals surface area contributed by atoms with Crippen LogP contribution in [0.5, 0.6) is 0 Å². The number of nitrogens with zero attached hydrogens (tertiary/aromatic N) is 1. The molecule has 0 saturated heterocycles. The third-order valence-electron chi connectivity index (χ3n) is 5.53. The van der Waals surface area contributed by atoms with E-state index in [0.717, 1.165) is 24.1 Å². The molecule has 144 valence electrons. The Balaban J connectivity index is 1.58. The molecular formula is C22H22N2O4. The number of aryl methyl sites for hydroxylation is 1. The van der Waals surface area contributed by atoms with E-state index in [1.807, 2.05) is 24.3 Å². The summed E-state index contributed by atoms with van der Waals surface area (Å²) in [5.41, 5.74) is 1.60. The summed E-state index contributed by atoms with van der Waals surface area (Å²) in [6.45, 7) is 0.615. The van der Waals surface area contributed by atoms with Crippen LogP contribution < -0.4 is 10.2 Å². The van der Waals surface area contributed by atoms with Gasteiger partial charge in [0.1, 0.15) is 5.41 Å². The third-order valence-corrected chi connectivity index (χ3v) is 5.53. The van der Waals surface area contributed by atoms with Crippen molar-refractivity contribution < 1.29 is 19.1 Å². The molecule has 2 aliphatic rings. The Morgan fingerprint density at radius 1 is 1.04 bits per heavy atom. The van der Waals surface area contributed by atoms with Gasteiger partial charge in [-0.05, 0) is 49.4 Å². The molecule has 1 N–H and O–H groups in total. The van der Waals surface area contributed by atoms with Gasteiger partial charge in [0.25, 0.3) is 0 Å². The molecule has 2 aromatic rings. The molecule has 28 heavy (non-hydrogen) atoms. The number of nitrogens with one attached hydrogen (secondary N) is 1. The van der Waals surface area contributed by atoms with Crippen LogP contribution in [0.3, 0.4) is 0 Å². The Bertz CT molecular complexity index is 949. The number of esters is 1. The Kier molecular flexibility index (Phi) is 4.63. The number of para-hydroxylation sites is 2. The molecule has 0 atom stereocenters. The van der Waals surface area contributed by atoms with Crippen LogP contribution in [0.2, 0.25) is 0 Å². The summed E-state index contributed by atoms with van der Waals surface area (Å²) in [7, 11) is 1.29. The smallest absolute Gasteiger partial charge is 0.339 e. The minimum Gasteiger partial charge on any atom is -0.465 e. The second-order valence-electron chi connectivity index (χ2n) is 7.26. The number of anilines is 2. The van der Waals surface area contributed by atoms with Crippen molar-refractivity contribution in [3.05, 3.63) is 59.7 Å². The van der Waals surface area contributed by atoms with Crippen LogP contribution in [0.4, 0.5) is 11.4 Å². The lowest BCUT2D eigenvalue weighted by Gasteiger charge is -2.32. The zero-order valence-electron chi connectivity index (χ0n) is 15.7. The summed E-state index contributed by atoms with van der Waals surface area (Å²) >= 11 is 0. The average molecular weight is 378 g/mol. The molecule has 0 bridgehead atoms. The van der Waals surface area contributed by atoms with Crippen molar-refractivity contribution in [1.29, 1.82) is 0 Å². The van der Waals surface area contributed by atoms with Crippen molar-refractivity contribution >= 4 is 29.2 Å². The van der Waals surface area contributed by atoms with Crippen molar-refractivity contribution in [3.8, 4) is 0 Å². The Morgan fingerprint density at radius 2 is 1.75 bits per heavy atom. The summed E-state index contributed by atoms with van der Waals surface area (Å²) in [5, 5.41) is 2.79. The number of carbonyl (C=O) groups excluding carboxylic acids is 3. The van der Waals surface area contributed by atoms with Gasteiger partial charge in [0.2, 0.25) is 11.8 Å². The predicted molar refractivity (Wildman–Crippen MR) is 105 cm³/mol. The van der Waals surface area contributed by atoms with E-state index in [2.05, 4.69) is 5.32 Å². The van der Waals surface area contributed by atoms with Gasteiger partial charge in [-0.2, -0.15) is 0 Å². The van der Waals surface area contributed by atoms with E-state index >= 15 is 0 Å². The van der Waals surface area contributed by atoms with E-state index < -0.39 is 11.4 Å². The quantitative estimate of drug-likeness (QED) is 0.655. The average Bonchev–Trinajstić information content (AvgIpc) is 3.55. The molecular weight excluding hydrogens is 356 g/mol. The van der Waals surface area contributed by atoms with Gasteiger partial charge < -0.3 is 15.0 Å². The Morgan fingerprint density at radius 3 is 2.50 bits per heavy atom. The van der Waals surface area contributed by atoms with Gasteiger partial charge in [-0.1, -0.05) is 30.3 Å². The molecule has 2 aromatic carbocycles. The number of hydrogen-bond acceptors (Lipinski definition) is 4. The standard InChI is InChI=1S/C22H22N2O4/c1-28-19(25)16-9-3-4-10-17(16)23-20(26)22(12-13-22)21(27)24-14-6-8-15-7-2-5-11-18(15)24/h2-5,7,9-11H,6,8,12-14H2,1H3,(H,23,26). The highest BCUT2D eigenvalue weighted by atomic mass is 16.5. The third kappa shape index (κ3) is 3.05. The molecule has 6 heteroatoms. The number of carbonyl (C=O) groups is 3. The Hall–Kier alpha value is -3.15. The summed E-state index contributed by atoms with van der Waals surface area (Å²) < 4.78 is 4.78. The zero-order valence-corrected chi connectivity index (χ0v) is 15.7. The molecule has 1 aliphatic carbocycles. The molecule has 1 fully saturated rings. The minimum absolute atomic E-state index is 0.160. The van der Waals surface area contributed by atoms with Crippen LogP contribution in [-0.2, 0) is 20.7 Å². The molecule has 1 saturated carbocycles. The van der Waals surface area contributed by atoms with Crippen molar-refractivity contribution in [2.24, 2.45) is 5.41 Å². The lowest BCUT2D eigenvalue weighted by Crippen LogP contribution is -2.45. The monoisotopic (exact) mass is 378 g/mol. The van der Waals surface area contributed by atoms with E-state index in [-0.39, 0.29) is 17.4 Å². The first-order valence-corrected chi connectivity index (χ1v) is 9.45. The van der Waals surface area contributed by atoms with Gasteiger partial charge in [-0.15, -0.1) is 0 Å². The van der Waals surface area contributed by atoms with Crippen LogP contribution in [-0.4, -0.2) is 31.4 Å². The second-order valence-corrected chi connectivity index (χ2v) is 7.26. The van der Waals surface area contributed by atoms with Crippen molar-refractivity contribution in [2.45, 2.75) is 25.7 Å². The van der Waals surface area contributed by atoms with Gasteiger partial charge in [0.05, 0.1) is 18.4 Å². The van der Waals surface area contributed by atoms with Crippen molar-refractivity contribution in [3.63, 3.8) is 0 Å². The first kappa shape index (κ1) is 18.2. The summed E-state index contributed by atoms with van der Waals surface area (Å²) in [6.07, 6.45) is 2.84. The minimum atomic E-state index is -1.06. The molecule has 1 aliphatic heterocycles. The van der Waals surface area contributed by atoms with E-state index in [9.17, 15) is 14.4 Å². The molecule has 0 spiro atoms. The van der Waals surface area contributed by atoms with Crippen LogP contribution in [0, 0.1) is 5.41 Å². The fourth-order valence-corrected chi connectivity index (χ4v) is 3.79. The first-order chi connectivity index (χ1) is 13.6. The number of fused-ring (bicyclic) bond motifs is 1. The van der Waals surface area contributed by atoms with E-state index in [1.54, 1.807) is 29.2 Å². The summed E-state index contributed by atoms with van der Waals surface area (Å²) in [6, 6.07) is 14.5. The number of hydrogen-bond donors (Lipinski definition) is 1. The molecule has 0 radical (unpaired) electrons. The van der Waals surface area contributed by atoms with E-state index in [1.165, 1.54) is 7.11 Å². The number of rotatable bonds is 4. The SMILES string of the molecule is COC(=O)c1ccccc1NC(=O)C1(C(=O)N2CCCc3ccccc32)CC1. The zero-order chi connectivity index (χ0) is 19.7. The lowest BCUT2D eigenvalue weighted by atomic mass is 9.97. The highest BCUT2D eigenvalue weighted by molar-refractivity contribution is 6.18. The predicted octanol–water partition coefficient (Wildman–Crippen LogP) is 3.17. The molecule has 0 unspecified atom stereocenters. The van der Waals surface area contributed by atoms with Gasteiger partial charge in [0, 0.05) is 12.2 Å². The summed E-state index contributed by atoms with van der Waals surface area (Å²) in [4.78, 5) is 40.1. The number of amides is 2. The molecule has 6 nitrogen and oxygen atoms in total. The molecule has 1 heterocycles. The van der Waals surface area contributed by atoms with Gasteiger partial charge in [-0.25, -0.2) is 4.79 Å². The molecule has 2 amide bonds. The van der Waals surface area contributed by atoms with Crippen LogP contribution in [0.1, 0.15) is 35.2 Å². The largest absolute Gasteiger partial charge is 0.465 e. The highest BCUT2D eigenvalue weighted by Crippen LogP contribution is 2.49. The maximum absolute atomic E-state index is 13.3. The lowest BCUT2D eigenvalue weighted by molar-refractivity contribution is -0.132. The summed E-state index contributed by atoms with van der Waals surface area (Å²) in [5.74, 6) is -1.05.